The molecule has 0 aliphatic carbocycles. The Morgan fingerprint density at radius 1 is 0.867 bits per heavy atom. The maximum absolute atomic E-state index is 12.8. The van der Waals surface area contributed by atoms with Gasteiger partial charge in [0.1, 0.15) is 5.75 Å². The van der Waals surface area contributed by atoms with Crippen molar-refractivity contribution in [3.63, 3.8) is 0 Å². The number of hydrogen-bond donors (Lipinski definition) is 2. The van der Waals surface area contributed by atoms with Crippen LogP contribution >= 0.6 is 0 Å². The lowest BCUT2D eigenvalue weighted by atomic mass is 10.00. The summed E-state index contributed by atoms with van der Waals surface area (Å²) in [6.45, 7) is 3.92. The number of amides is 3. The molecule has 1 saturated heterocycles. The Balaban J connectivity index is 1.36. The minimum absolute atomic E-state index is 0.0841. The molecule has 6 nitrogen and oxygen atoms in total. The Morgan fingerprint density at radius 2 is 1.50 bits per heavy atom. The van der Waals surface area contributed by atoms with E-state index in [2.05, 4.69) is 23.5 Å². The number of nitrogens with one attached hydrogen (secondary N) is 1. The number of benzene rings is 3. The summed E-state index contributed by atoms with van der Waals surface area (Å²) in [6, 6.07) is 20.3. The molecule has 0 radical (unpaired) electrons. The van der Waals surface area contributed by atoms with E-state index in [1.807, 2.05) is 31.2 Å². The lowest BCUT2D eigenvalue weighted by Crippen LogP contribution is -2.53. The van der Waals surface area contributed by atoms with Crippen LogP contribution in [-0.4, -0.2) is 53.0 Å². The second-order valence-corrected chi connectivity index (χ2v) is 7.57. The van der Waals surface area contributed by atoms with Crippen molar-refractivity contribution in [2.45, 2.75) is 13.0 Å². The van der Waals surface area contributed by atoms with Gasteiger partial charge in [0.15, 0.2) is 0 Å². The molecule has 1 atom stereocenters. The Morgan fingerprint density at radius 3 is 2.23 bits per heavy atom. The van der Waals surface area contributed by atoms with Crippen LogP contribution in [0.1, 0.15) is 28.9 Å². The standard InChI is InChI=1S/C24H25N3O3/c1-17(21-8-4-6-18-5-2-3-7-22(18)21)25-24(30)27-15-13-26(14-16-27)23(29)19-9-11-20(28)12-10-19/h2-12,17,28H,13-16H2,1H3,(H,25,30). The van der Waals surface area contributed by atoms with Gasteiger partial charge in [0, 0.05) is 31.7 Å². The number of fused-ring (bicyclic) bond motifs is 1. The maximum Gasteiger partial charge on any atom is 0.317 e. The van der Waals surface area contributed by atoms with Crippen LogP contribution in [0.2, 0.25) is 0 Å². The Labute approximate surface area is 175 Å². The summed E-state index contributed by atoms with van der Waals surface area (Å²) in [5, 5.41) is 14.8. The van der Waals surface area contributed by atoms with Gasteiger partial charge in [-0.2, -0.15) is 0 Å². The number of rotatable bonds is 3. The molecule has 0 spiro atoms. The third-order valence-electron chi connectivity index (χ3n) is 5.60. The minimum atomic E-state index is -0.125. The van der Waals surface area contributed by atoms with E-state index in [9.17, 15) is 14.7 Å². The average molecular weight is 403 g/mol. The van der Waals surface area contributed by atoms with Crippen molar-refractivity contribution in [2.24, 2.45) is 0 Å². The van der Waals surface area contributed by atoms with E-state index < -0.39 is 0 Å². The molecule has 154 valence electrons. The van der Waals surface area contributed by atoms with Crippen LogP contribution in [0.15, 0.2) is 66.7 Å². The van der Waals surface area contributed by atoms with E-state index in [4.69, 9.17) is 0 Å². The topological polar surface area (TPSA) is 72.9 Å². The molecular formula is C24H25N3O3. The summed E-state index contributed by atoms with van der Waals surface area (Å²) in [7, 11) is 0. The lowest BCUT2D eigenvalue weighted by Gasteiger charge is -2.35. The summed E-state index contributed by atoms with van der Waals surface area (Å²) in [6.07, 6.45) is 0. The number of phenolic OH excluding ortho intramolecular Hbond substituents is 1. The molecule has 1 aliphatic heterocycles. The number of nitrogens with zero attached hydrogens (tertiary/aromatic N) is 2. The van der Waals surface area contributed by atoms with E-state index in [0.29, 0.717) is 31.7 Å². The quantitative estimate of drug-likeness (QED) is 0.699. The highest BCUT2D eigenvalue weighted by molar-refractivity contribution is 5.94. The molecular weight excluding hydrogens is 378 g/mol. The first-order valence-corrected chi connectivity index (χ1v) is 10.1. The molecule has 3 aromatic carbocycles. The van der Waals surface area contributed by atoms with Gasteiger partial charge in [0.05, 0.1) is 6.04 Å². The molecule has 6 heteroatoms. The second-order valence-electron chi connectivity index (χ2n) is 7.57. The van der Waals surface area contributed by atoms with Crippen LogP contribution in [0.4, 0.5) is 4.79 Å². The van der Waals surface area contributed by atoms with Gasteiger partial charge in [0.25, 0.3) is 5.91 Å². The molecule has 1 heterocycles. The van der Waals surface area contributed by atoms with Gasteiger partial charge < -0.3 is 20.2 Å². The molecule has 2 N–H and O–H groups in total. The van der Waals surface area contributed by atoms with Gasteiger partial charge in [0.2, 0.25) is 0 Å². The summed E-state index contributed by atoms with van der Waals surface area (Å²) in [5.41, 5.74) is 1.62. The molecule has 0 bridgehead atoms. The molecule has 30 heavy (non-hydrogen) atoms. The fourth-order valence-corrected chi connectivity index (χ4v) is 3.88. The lowest BCUT2D eigenvalue weighted by molar-refractivity contribution is 0.0663. The Kier molecular flexibility index (Phi) is 5.57. The number of phenols is 1. The number of carbonyl (C=O) groups excluding carboxylic acids is 2. The summed E-state index contributed by atoms with van der Waals surface area (Å²) in [4.78, 5) is 28.9. The van der Waals surface area contributed by atoms with Crippen LogP contribution in [0, 0.1) is 0 Å². The molecule has 3 aromatic rings. The van der Waals surface area contributed by atoms with Gasteiger partial charge in [-0.1, -0.05) is 42.5 Å². The first-order chi connectivity index (χ1) is 14.5. The van der Waals surface area contributed by atoms with Gasteiger partial charge in [-0.05, 0) is 47.5 Å². The monoisotopic (exact) mass is 403 g/mol. The highest BCUT2D eigenvalue weighted by Crippen LogP contribution is 2.24. The van der Waals surface area contributed by atoms with Crippen molar-refractivity contribution in [1.82, 2.24) is 15.1 Å². The first-order valence-electron chi connectivity index (χ1n) is 10.1. The van der Waals surface area contributed by atoms with Gasteiger partial charge in [-0.25, -0.2) is 4.79 Å². The van der Waals surface area contributed by atoms with Crippen LogP contribution in [0.3, 0.4) is 0 Å². The van der Waals surface area contributed by atoms with Crippen molar-refractivity contribution in [1.29, 1.82) is 0 Å². The van der Waals surface area contributed by atoms with Crippen LogP contribution in [0.5, 0.6) is 5.75 Å². The van der Waals surface area contributed by atoms with Crippen molar-refractivity contribution in [3.8, 4) is 5.75 Å². The third kappa shape index (κ3) is 4.08. The van der Waals surface area contributed by atoms with Crippen molar-refractivity contribution < 1.29 is 14.7 Å². The zero-order valence-corrected chi connectivity index (χ0v) is 16.9. The number of aromatic hydroxyl groups is 1. The third-order valence-corrected chi connectivity index (χ3v) is 5.60. The van der Waals surface area contributed by atoms with Crippen LogP contribution < -0.4 is 5.32 Å². The number of piperazine rings is 1. The maximum atomic E-state index is 12.8. The summed E-state index contributed by atoms with van der Waals surface area (Å²) >= 11 is 0. The van der Waals surface area contributed by atoms with E-state index in [1.54, 1.807) is 21.9 Å². The van der Waals surface area contributed by atoms with Gasteiger partial charge in [-0.15, -0.1) is 0 Å². The number of hydrogen-bond acceptors (Lipinski definition) is 3. The molecule has 0 aromatic heterocycles. The second kappa shape index (κ2) is 8.45. The predicted octanol–water partition coefficient (Wildman–Crippen LogP) is 3.77. The Hall–Kier alpha value is -3.54. The number of carbonyl (C=O) groups is 2. The number of urea groups is 1. The van der Waals surface area contributed by atoms with Gasteiger partial charge in [-0.3, -0.25) is 4.79 Å². The predicted molar refractivity (Wildman–Crippen MR) is 116 cm³/mol. The zero-order chi connectivity index (χ0) is 21.1. The van der Waals surface area contributed by atoms with E-state index in [1.165, 1.54) is 12.1 Å². The summed E-state index contributed by atoms with van der Waals surface area (Å²) in [5.74, 6) is 0.0486. The molecule has 0 saturated carbocycles. The van der Waals surface area contributed by atoms with Crippen LogP contribution in [0.25, 0.3) is 10.8 Å². The minimum Gasteiger partial charge on any atom is -0.508 e. The SMILES string of the molecule is CC(NC(=O)N1CCN(C(=O)c2ccc(O)cc2)CC1)c1cccc2ccccc12. The Bertz CT molecular complexity index is 1050. The molecule has 4 rings (SSSR count). The largest absolute Gasteiger partial charge is 0.508 e. The first kappa shape index (κ1) is 19.8. The fraction of sp³-hybridized carbons (Fsp3) is 0.250. The van der Waals surface area contributed by atoms with E-state index >= 15 is 0 Å². The highest BCUT2D eigenvalue weighted by Gasteiger charge is 2.26. The normalized spacial score (nSPS) is 15.1. The molecule has 3 amide bonds. The fourth-order valence-electron chi connectivity index (χ4n) is 3.88. The highest BCUT2D eigenvalue weighted by atomic mass is 16.3. The summed E-state index contributed by atoms with van der Waals surface area (Å²) < 4.78 is 0. The van der Waals surface area contributed by atoms with Crippen molar-refractivity contribution in [3.05, 3.63) is 77.9 Å². The average Bonchev–Trinajstić information content (AvgIpc) is 2.78. The van der Waals surface area contributed by atoms with E-state index in [0.717, 1.165) is 16.3 Å². The van der Waals surface area contributed by atoms with Gasteiger partial charge >= 0.3 is 6.03 Å². The van der Waals surface area contributed by atoms with E-state index in [-0.39, 0.29) is 23.7 Å². The smallest absolute Gasteiger partial charge is 0.317 e. The van der Waals surface area contributed by atoms with Crippen molar-refractivity contribution >= 4 is 22.7 Å². The zero-order valence-electron chi connectivity index (χ0n) is 16.9. The molecule has 1 unspecified atom stereocenters. The molecule has 1 aliphatic rings. The molecule has 1 fully saturated rings. The van der Waals surface area contributed by atoms with Crippen molar-refractivity contribution in [2.75, 3.05) is 26.2 Å². The van der Waals surface area contributed by atoms with Crippen LogP contribution in [-0.2, 0) is 0 Å².